The van der Waals surface area contributed by atoms with Gasteiger partial charge in [-0.25, -0.2) is 9.19 Å². The summed E-state index contributed by atoms with van der Waals surface area (Å²) in [4.78, 5) is 15.9. The van der Waals surface area contributed by atoms with Gasteiger partial charge in [0.15, 0.2) is 5.58 Å². The Bertz CT molecular complexity index is 653. The molecule has 0 aliphatic heterocycles. The van der Waals surface area contributed by atoms with Gasteiger partial charge in [-0.1, -0.05) is 6.92 Å². The fourth-order valence-electron chi connectivity index (χ4n) is 1.65. The van der Waals surface area contributed by atoms with E-state index >= 15 is 0 Å². The maximum atomic E-state index is 12.3. The highest BCUT2D eigenvalue weighted by atomic mass is 32.2. The highest BCUT2D eigenvalue weighted by molar-refractivity contribution is 7.86. The molecule has 7 heteroatoms. The Kier molecular flexibility index (Phi) is 4.39. The maximum absolute atomic E-state index is 12.3. The number of aromatic nitrogens is 1. The third-order valence-corrected chi connectivity index (χ3v) is 4.18. The lowest BCUT2D eigenvalue weighted by Gasteiger charge is -2.08. The Labute approximate surface area is 119 Å². The van der Waals surface area contributed by atoms with Crippen LogP contribution in [0, 0.1) is 0 Å². The Morgan fingerprint density at radius 3 is 3.00 bits per heavy atom. The number of hydrogen-bond donors (Lipinski definition) is 2. The third-order valence-electron chi connectivity index (χ3n) is 2.80. The van der Waals surface area contributed by atoms with Crippen LogP contribution in [0.1, 0.15) is 20.3 Å². The molecule has 3 N–H and O–H groups in total. The van der Waals surface area contributed by atoms with Gasteiger partial charge >= 0.3 is 0 Å². The lowest BCUT2D eigenvalue weighted by atomic mass is 10.3. The number of carbonyl (C=O) groups excluding carboxylic acids is 1. The van der Waals surface area contributed by atoms with Gasteiger partial charge in [-0.05, 0) is 31.5 Å². The molecule has 2 unspecified atom stereocenters. The number of nitrogen functional groups attached to an aromatic ring is 1. The van der Waals surface area contributed by atoms with Gasteiger partial charge in [-0.15, -0.1) is 0 Å². The standard InChI is InChI=1S/C13H17N3O3S/c1-3-6-15-12(17)8(2)20(18)13-16-10-7-9(14)4-5-11(10)19-13/h4-5,7-8H,3,6,14H2,1-2H3,(H,15,17). The van der Waals surface area contributed by atoms with E-state index in [1.807, 2.05) is 6.92 Å². The van der Waals surface area contributed by atoms with E-state index in [-0.39, 0.29) is 11.1 Å². The molecule has 1 amide bonds. The van der Waals surface area contributed by atoms with E-state index < -0.39 is 16.0 Å². The smallest absolute Gasteiger partial charge is 0.288 e. The molecule has 0 saturated carbocycles. The molecule has 0 fully saturated rings. The molecular weight excluding hydrogens is 278 g/mol. The van der Waals surface area contributed by atoms with E-state index in [4.69, 9.17) is 10.2 Å². The molecule has 2 rings (SSSR count). The molecule has 108 valence electrons. The fourth-order valence-corrected chi connectivity index (χ4v) is 2.59. The summed E-state index contributed by atoms with van der Waals surface area (Å²) in [5, 5.41) is 2.03. The average molecular weight is 295 g/mol. The van der Waals surface area contributed by atoms with Crippen LogP contribution in [0.4, 0.5) is 5.69 Å². The van der Waals surface area contributed by atoms with E-state index in [1.54, 1.807) is 25.1 Å². The van der Waals surface area contributed by atoms with E-state index in [1.165, 1.54) is 0 Å². The zero-order chi connectivity index (χ0) is 14.7. The predicted octanol–water partition coefficient (Wildman–Crippen LogP) is 1.43. The first kappa shape index (κ1) is 14.5. The zero-order valence-electron chi connectivity index (χ0n) is 11.4. The number of benzene rings is 1. The van der Waals surface area contributed by atoms with Crippen LogP contribution in [-0.2, 0) is 15.6 Å². The van der Waals surface area contributed by atoms with Crippen LogP contribution in [0.3, 0.4) is 0 Å². The lowest BCUT2D eigenvalue weighted by molar-refractivity contribution is -0.120. The first-order valence-corrected chi connectivity index (χ1v) is 7.58. The van der Waals surface area contributed by atoms with Gasteiger partial charge < -0.3 is 15.5 Å². The van der Waals surface area contributed by atoms with Crippen LogP contribution >= 0.6 is 0 Å². The summed E-state index contributed by atoms with van der Waals surface area (Å²) in [7, 11) is -1.63. The number of fused-ring (bicyclic) bond motifs is 1. The van der Waals surface area contributed by atoms with Gasteiger partial charge in [-0.2, -0.15) is 0 Å². The summed E-state index contributed by atoms with van der Waals surface area (Å²) in [5.74, 6) is -0.271. The molecule has 6 nitrogen and oxygen atoms in total. The minimum atomic E-state index is -1.63. The molecular formula is C13H17N3O3S. The molecule has 2 aromatic rings. The molecule has 0 saturated heterocycles. The lowest BCUT2D eigenvalue weighted by Crippen LogP contribution is -2.35. The van der Waals surface area contributed by atoms with Gasteiger partial charge in [0.1, 0.15) is 21.6 Å². The van der Waals surface area contributed by atoms with Crippen molar-refractivity contribution >= 4 is 33.5 Å². The van der Waals surface area contributed by atoms with Crippen molar-refractivity contribution in [3.8, 4) is 0 Å². The SMILES string of the molecule is CCCNC(=O)C(C)S(=O)c1nc2cc(N)ccc2o1. The fraction of sp³-hybridized carbons (Fsp3) is 0.385. The first-order valence-electron chi connectivity index (χ1n) is 6.37. The Morgan fingerprint density at radius 1 is 1.55 bits per heavy atom. The van der Waals surface area contributed by atoms with Crippen molar-refractivity contribution in [3.05, 3.63) is 18.2 Å². The molecule has 0 spiro atoms. The van der Waals surface area contributed by atoms with Gasteiger partial charge in [0.2, 0.25) is 5.91 Å². The van der Waals surface area contributed by atoms with Crippen LogP contribution in [0.25, 0.3) is 11.1 Å². The Balaban J connectivity index is 2.20. The van der Waals surface area contributed by atoms with Crippen molar-refractivity contribution in [3.63, 3.8) is 0 Å². The summed E-state index contributed by atoms with van der Waals surface area (Å²) in [6.07, 6.45) is 0.827. The second-order valence-electron chi connectivity index (χ2n) is 4.44. The number of carbonyl (C=O) groups is 1. The summed E-state index contributed by atoms with van der Waals surface area (Å²) in [5.41, 5.74) is 7.24. The minimum absolute atomic E-state index is 0.0461. The molecule has 0 bridgehead atoms. The number of nitrogens with two attached hydrogens (primary N) is 1. The topological polar surface area (TPSA) is 98.2 Å². The van der Waals surface area contributed by atoms with Gasteiger partial charge in [0.05, 0.1) is 0 Å². The van der Waals surface area contributed by atoms with Crippen molar-refractivity contribution in [2.75, 3.05) is 12.3 Å². The molecule has 20 heavy (non-hydrogen) atoms. The number of oxazole rings is 1. The Morgan fingerprint density at radius 2 is 2.30 bits per heavy atom. The van der Waals surface area contributed by atoms with E-state index in [2.05, 4.69) is 10.3 Å². The van der Waals surface area contributed by atoms with Crippen LogP contribution < -0.4 is 11.1 Å². The van der Waals surface area contributed by atoms with Crippen LogP contribution in [0.15, 0.2) is 27.8 Å². The van der Waals surface area contributed by atoms with E-state index in [0.717, 1.165) is 6.42 Å². The number of rotatable bonds is 5. The van der Waals surface area contributed by atoms with Crippen LogP contribution in [-0.4, -0.2) is 26.9 Å². The quantitative estimate of drug-likeness (QED) is 0.813. The zero-order valence-corrected chi connectivity index (χ0v) is 12.2. The average Bonchev–Trinajstić information content (AvgIpc) is 2.85. The summed E-state index contributed by atoms with van der Waals surface area (Å²) < 4.78 is 17.7. The number of anilines is 1. The molecule has 0 aliphatic rings. The van der Waals surface area contributed by atoms with E-state index in [0.29, 0.717) is 23.3 Å². The monoisotopic (exact) mass is 295 g/mol. The molecule has 1 aromatic heterocycles. The predicted molar refractivity (Wildman–Crippen MR) is 77.6 cm³/mol. The highest BCUT2D eigenvalue weighted by Crippen LogP contribution is 2.21. The van der Waals surface area contributed by atoms with E-state index in [9.17, 15) is 9.00 Å². The number of hydrogen-bond acceptors (Lipinski definition) is 5. The summed E-state index contributed by atoms with van der Waals surface area (Å²) >= 11 is 0. The number of nitrogens with one attached hydrogen (secondary N) is 1. The van der Waals surface area contributed by atoms with Crippen molar-refractivity contribution in [1.29, 1.82) is 0 Å². The van der Waals surface area contributed by atoms with Crippen molar-refractivity contribution in [2.45, 2.75) is 30.7 Å². The molecule has 0 aliphatic carbocycles. The maximum Gasteiger partial charge on any atom is 0.288 e. The van der Waals surface area contributed by atoms with Gasteiger partial charge in [0, 0.05) is 12.2 Å². The summed E-state index contributed by atoms with van der Waals surface area (Å²) in [6.45, 7) is 4.10. The van der Waals surface area contributed by atoms with Crippen molar-refractivity contribution < 1.29 is 13.4 Å². The van der Waals surface area contributed by atoms with Crippen LogP contribution in [0.2, 0.25) is 0 Å². The first-order chi connectivity index (χ1) is 9.52. The Hall–Kier alpha value is -1.89. The summed E-state index contributed by atoms with van der Waals surface area (Å²) in [6, 6.07) is 4.99. The molecule has 0 radical (unpaired) electrons. The molecule has 1 aromatic carbocycles. The third kappa shape index (κ3) is 2.98. The second kappa shape index (κ2) is 6.04. The second-order valence-corrected chi connectivity index (χ2v) is 6.09. The van der Waals surface area contributed by atoms with Crippen molar-refractivity contribution in [2.24, 2.45) is 0 Å². The number of nitrogens with zero attached hydrogens (tertiary/aromatic N) is 1. The number of amides is 1. The minimum Gasteiger partial charge on any atom is -0.430 e. The normalized spacial score (nSPS) is 14.1. The molecule has 1 heterocycles. The van der Waals surface area contributed by atoms with Crippen LogP contribution in [0.5, 0.6) is 0 Å². The van der Waals surface area contributed by atoms with Crippen molar-refractivity contribution in [1.82, 2.24) is 10.3 Å². The van der Waals surface area contributed by atoms with Gasteiger partial charge in [-0.3, -0.25) is 4.79 Å². The van der Waals surface area contributed by atoms with Gasteiger partial charge in [0.25, 0.3) is 5.22 Å². The molecule has 2 atom stereocenters. The largest absolute Gasteiger partial charge is 0.430 e. The highest BCUT2D eigenvalue weighted by Gasteiger charge is 2.25.